The van der Waals surface area contributed by atoms with Crippen molar-refractivity contribution >= 4 is 0 Å². The van der Waals surface area contributed by atoms with Crippen molar-refractivity contribution in [3.8, 4) is 5.75 Å². The van der Waals surface area contributed by atoms with E-state index < -0.39 is 6.10 Å². The molecule has 0 aliphatic carbocycles. The minimum Gasteiger partial charge on any atom is -0.491 e. The molecular weight excluding hydrogens is 216 g/mol. The van der Waals surface area contributed by atoms with E-state index in [4.69, 9.17) is 9.47 Å². The lowest BCUT2D eigenvalue weighted by atomic mass is 10.1. The van der Waals surface area contributed by atoms with Crippen LogP contribution in [-0.4, -0.2) is 23.9 Å². The highest BCUT2D eigenvalue weighted by Crippen LogP contribution is 2.21. The highest BCUT2D eigenvalue weighted by molar-refractivity contribution is 5.28. The maximum Gasteiger partial charge on any atom is 0.119 e. The topological polar surface area (TPSA) is 38.7 Å². The molecule has 3 nitrogen and oxygen atoms in total. The quantitative estimate of drug-likeness (QED) is 0.873. The van der Waals surface area contributed by atoms with Crippen LogP contribution in [0.2, 0.25) is 0 Å². The number of hydrogen-bond donors (Lipinski definition) is 1. The van der Waals surface area contributed by atoms with Crippen molar-refractivity contribution < 1.29 is 14.6 Å². The van der Waals surface area contributed by atoms with Crippen molar-refractivity contribution in [1.82, 2.24) is 0 Å². The molecule has 1 aromatic carbocycles. The Kier molecular flexibility index (Phi) is 4.02. The third-order valence-electron chi connectivity index (χ3n) is 3.12. The minimum atomic E-state index is -0.428. The number of aliphatic hydroxyl groups is 1. The van der Waals surface area contributed by atoms with Gasteiger partial charge in [-0.15, -0.1) is 0 Å². The van der Waals surface area contributed by atoms with Gasteiger partial charge in [-0.2, -0.15) is 0 Å². The van der Waals surface area contributed by atoms with Gasteiger partial charge in [-0.25, -0.2) is 0 Å². The second-order valence-electron chi connectivity index (χ2n) is 4.70. The molecule has 0 saturated carbocycles. The number of benzene rings is 1. The number of rotatable bonds is 4. The number of ether oxygens (including phenoxy) is 2. The van der Waals surface area contributed by atoms with Crippen LogP contribution in [0.15, 0.2) is 24.3 Å². The molecule has 0 bridgehead atoms. The summed E-state index contributed by atoms with van der Waals surface area (Å²) >= 11 is 0. The van der Waals surface area contributed by atoms with E-state index >= 15 is 0 Å². The summed E-state index contributed by atoms with van der Waals surface area (Å²) in [5, 5.41) is 9.39. The summed E-state index contributed by atoms with van der Waals surface area (Å²) < 4.78 is 11.3. The van der Waals surface area contributed by atoms with Crippen molar-refractivity contribution in [3.63, 3.8) is 0 Å². The molecule has 0 amide bonds. The van der Waals surface area contributed by atoms with Gasteiger partial charge in [-0.05, 0) is 44.4 Å². The molecule has 1 heterocycles. The van der Waals surface area contributed by atoms with E-state index in [1.165, 1.54) is 0 Å². The largest absolute Gasteiger partial charge is 0.491 e. The molecule has 3 heteroatoms. The zero-order valence-electron chi connectivity index (χ0n) is 10.4. The Morgan fingerprint density at radius 1 is 1.35 bits per heavy atom. The fourth-order valence-corrected chi connectivity index (χ4v) is 2.04. The van der Waals surface area contributed by atoms with E-state index in [1.54, 1.807) is 6.92 Å². The maximum atomic E-state index is 9.39. The molecule has 1 saturated heterocycles. The van der Waals surface area contributed by atoms with Crippen molar-refractivity contribution in [2.24, 2.45) is 0 Å². The zero-order chi connectivity index (χ0) is 12.3. The Morgan fingerprint density at radius 3 is 2.59 bits per heavy atom. The number of aliphatic hydroxyl groups excluding tert-OH is 1. The zero-order valence-corrected chi connectivity index (χ0v) is 10.4. The Bertz CT molecular complexity index is 345. The molecule has 0 aromatic heterocycles. The molecule has 2 unspecified atom stereocenters. The molecule has 1 aliphatic heterocycles. The molecule has 0 radical (unpaired) electrons. The van der Waals surface area contributed by atoms with Gasteiger partial charge >= 0.3 is 0 Å². The Labute approximate surface area is 102 Å². The Morgan fingerprint density at radius 2 is 2.06 bits per heavy atom. The molecule has 1 fully saturated rings. The fourth-order valence-electron chi connectivity index (χ4n) is 2.04. The third-order valence-corrected chi connectivity index (χ3v) is 3.12. The summed E-state index contributed by atoms with van der Waals surface area (Å²) in [4.78, 5) is 0. The third kappa shape index (κ3) is 3.45. The molecule has 1 N–H and O–H groups in total. The summed E-state index contributed by atoms with van der Waals surface area (Å²) in [6, 6.07) is 7.55. The van der Waals surface area contributed by atoms with E-state index in [2.05, 4.69) is 6.92 Å². The van der Waals surface area contributed by atoms with Crippen LogP contribution in [0.1, 0.15) is 38.4 Å². The average molecular weight is 236 g/mol. The van der Waals surface area contributed by atoms with Crippen LogP contribution in [0.5, 0.6) is 5.75 Å². The van der Waals surface area contributed by atoms with Crippen LogP contribution < -0.4 is 4.74 Å². The lowest BCUT2D eigenvalue weighted by Crippen LogP contribution is -2.17. The van der Waals surface area contributed by atoms with Gasteiger partial charge in [0.2, 0.25) is 0 Å². The summed E-state index contributed by atoms with van der Waals surface area (Å²) in [5.41, 5.74) is 0.906. The van der Waals surface area contributed by atoms with Crippen molar-refractivity contribution in [3.05, 3.63) is 29.8 Å². The van der Waals surface area contributed by atoms with E-state index in [9.17, 15) is 5.11 Å². The Balaban J connectivity index is 1.83. The van der Waals surface area contributed by atoms with Crippen LogP contribution >= 0.6 is 0 Å². The first-order chi connectivity index (χ1) is 8.15. The smallest absolute Gasteiger partial charge is 0.119 e. The first-order valence-electron chi connectivity index (χ1n) is 6.21. The van der Waals surface area contributed by atoms with Gasteiger partial charge in [0, 0.05) is 0 Å². The van der Waals surface area contributed by atoms with Crippen molar-refractivity contribution in [2.75, 3.05) is 6.61 Å². The van der Waals surface area contributed by atoms with E-state index in [-0.39, 0.29) is 6.10 Å². The van der Waals surface area contributed by atoms with Gasteiger partial charge in [0.1, 0.15) is 12.4 Å². The van der Waals surface area contributed by atoms with Gasteiger partial charge in [-0.1, -0.05) is 12.1 Å². The first kappa shape index (κ1) is 12.4. The van der Waals surface area contributed by atoms with E-state index in [0.717, 1.165) is 24.2 Å². The van der Waals surface area contributed by atoms with Crippen molar-refractivity contribution in [2.45, 2.75) is 45.0 Å². The summed E-state index contributed by atoms with van der Waals surface area (Å²) in [7, 11) is 0. The molecule has 94 valence electrons. The van der Waals surface area contributed by atoms with E-state index in [1.807, 2.05) is 24.3 Å². The Hall–Kier alpha value is -1.06. The lowest BCUT2D eigenvalue weighted by molar-refractivity contribution is 0.0264. The summed E-state index contributed by atoms with van der Waals surface area (Å²) in [5.74, 6) is 0.831. The standard InChI is InChI=1S/C14H20O3/c1-10-3-6-14(17-10)9-16-13-7-4-12(5-8-13)11(2)15/h4-5,7-8,10-11,14-15H,3,6,9H2,1-2H3/t10?,11-,14?/m1/s1. The molecule has 0 spiro atoms. The van der Waals surface area contributed by atoms with Gasteiger partial charge in [-0.3, -0.25) is 0 Å². The normalized spacial score (nSPS) is 25.8. The predicted octanol–water partition coefficient (Wildman–Crippen LogP) is 2.69. The lowest BCUT2D eigenvalue weighted by Gasteiger charge is -2.13. The van der Waals surface area contributed by atoms with Crippen LogP contribution in [-0.2, 0) is 4.74 Å². The number of hydrogen-bond acceptors (Lipinski definition) is 3. The maximum absolute atomic E-state index is 9.39. The van der Waals surface area contributed by atoms with Crippen molar-refractivity contribution in [1.29, 1.82) is 0 Å². The van der Waals surface area contributed by atoms with Gasteiger partial charge in [0.25, 0.3) is 0 Å². The molecule has 1 aromatic rings. The second kappa shape index (κ2) is 5.52. The van der Waals surface area contributed by atoms with Crippen LogP contribution in [0, 0.1) is 0 Å². The van der Waals surface area contributed by atoms with Gasteiger partial charge in [0.05, 0.1) is 18.3 Å². The summed E-state index contributed by atoms with van der Waals surface area (Å²) in [6.07, 6.45) is 2.35. The average Bonchev–Trinajstić information content (AvgIpc) is 2.73. The van der Waals surface area contributed by atoms with Crippen LogP contribution in [0.25, 0.3) is 0 Å². The molecule has 1 aliphatic rings. The predicted molar refractivity (Wildman–Crippen MR) is 66.1 cm³/mol. The molecule has 3 atom stereocenters. The van der Waals surface area contributed by atoms with Crippen LogP contribution in [0.4, 0.5) is 0 Å². The molecule has 2 rings (SSSR count). The first-order valence-corrected chi connectivity index (χ1v) is 6.21. The van der Waals surface area contributed by atoms with Crippen LogP contribution in [0.3, 0.4) is 0 Å². The fraction of sp³-hybridized carbons (Fsp3) is 0.571. The minimum absolute atomic E-state index is 0.224. The molecular formula is C14H20O3. The molecule has 17 heavy (non-hydrogen) atoms. The summed E-state index contributed by atoms with van der Waals surface area (Å²) in [6.45, 7) is 4.46. The highest BCUT2D eigenvalue weighted by Gasteiger charge is 2.22. The highest BCUT2D eigenvalue weighted by atomic mass is 16.5. The second-order valence-corrected chi connectivity index (χ2v) is 4.70. The van der Waals surface area contributed by atoms with E-state index in [0.29, 0.717) is 12.7 Å². The SMILES string of the molecule is CC1CCC(COc2ccc([C@@H](C)O)cc2)O1. The van der Waals surface area contributed by atoms with Gasteiger partial charge < -0.3 is 14.6 Å². The monoisotopic (exact) mass is 236 g/mol. The van der Waals surface area contributed by atoms with Gasteiger partial charge in [0.15, 0.2) is 0 Å².